The maximum Gasteiger partial charge on any atom is 0.216 e. The van der Waals surface area contributed by atoms with E-state index in [1.807, 2.05) is 30.3 Å². The maximum atomic E-state index is 13.1. The minimum absolute atomic E-state index is 0.307. The summed E-state index contributed by atoms with van der Waals surface area (Å²) in [5.74, 6) is 0.297. The molecule has 1 aromatic heterocycles. The SMILES string of the molecule is Fc1cccc(/C=N\n2c(-c3ccccc3)n[nH]c2=S)c1. The summed E-state index contributed by atoms with van der Waals surface area (Å²) in [4.78, 5) is 0. The Morgan fingerprint density at radius 2 is 1.95 bits per heavy atom. The van der Waals surface area contributed by atoms with E-state index in [4.69, 9.17) is 12.2 Å². The van der Waals surface area contributed by atoms with Gasteiger partial charge in [0.05, 0.1) is 6.21 Å². The molecule has 0 amide bonds. The molecule has 0 bridgehead atoms. The van der Waals surface area contributed by atoms with Crippen LogP contribution in [0.4, 0.5) is 4.39 Å². The van der Waals surface area contributed by atoms with Crippen molar-refractivity contribution < 1.29 is 4.39 Å². The van der Waals surface area contributed by atoms with Crippen LogP contribution in [0.3, 0.4) is 0 Å². The Bertz CT molecular complexity index is 836. The van der Waals surface area contributed by atoms with Crippen LogP contribution in [-0.2, 0) is 0 Å². The van der Waals surface area contributed by atoms with Crippen molar-refractivity contribution in [1.29, 1.82) is 0 Å². The van der Waals surface area contributed by atoms with Crippen LogP contribution in [0.5, 0.6) is 0 Å². The summed E-state index contributed by atoms with van der Waals surface area (Å²) in [6.07, 6.45) is 1.54. The van der Waals surface area contributed by atoms with E-state index in [9.17, 15) is 4.39 Å². The Balaban J connectivity index is 2.00. The number of H-pyrrole nitrogens is 1. The van der Waals surface area contributed by atoms with Gasteiger partial charge in [-0.25, -0.2) is 9.49 Å². The van der Waals surface area contributed by atoms with E-state index in [1.54, 1.807) is 18.3 Å². The molecule has 0 fully saturated rings. The Kier molecular flexibility index (Phi) is 3.70. The highest BCUT2D eigenvalue weighted by Crippen LogP contribution is 2.16. The highest BCUT2D eigenvalue weighted by atomic mass is 32.1. The summed E-state index contributed by atoms with van der Waals surface area (Å²) in [5, 5.41) is 11.2. The van der Waals surface area contributed by atoms with Gasteiger partial charge in [0.15, 0.2) is 5.82 Å². The van der Waals surface area contributed by atoms with Crippen LogP contribution in [0.15, 0.2) is 59.7 Å². The van der Waals surface area contributed by atoms with Crippen molar-refractivity contribution in [3.8, 4) is 11.4 Å². The number of nitrogens with one attached hydrogen (secondary N) is 1. The van der Waals surface area contributed by atoms with Gasteiger partial charge in [0.25, 0.3) is 0 Å². The van der Waals surface area contributed by atoms with E-state index >= 15 is 0 Å². The number of halogens is 1. The molecule has 1 heterocycles. The molecule has 0 unspecified atom stereocenters. The molecule has 0 aliphatic heterocycles. The largest absolute Gasteiger partial charge is 0.250 e. The average Bonchev–Trinajstić information content (AvgIpc) is 2.87. The van der Waals surface area contributed by atoms with Crippen LogP contribution in [0.2, 0.25) is 0 Å². The van der Waals surface area contributed by atoms with Gasteiger partial charge < -0.3 is 0 Å². The summed E-state index contributed by atoms with van der Waals surface area (Å²) in [5.41, 5.74) is 1.54. The van der Waals surface area contributed by atoms with Gasteiger partial charge in [-0.3, -0.25) is 0 Å². The molecule has 21 heavy (non-hydrogen) atoms. The highest BCUT2D eigenvalue weighted by molar-refractivity contribution is 7.71. The van der Waals surface area contributed by atoms with Gasteiger partial charge in [-0.15, -0.1) is 0 Å². The Morgan fingerprint density at radius 3 is 2.71 bits per heavy atom. The van der Waals surface area contributed by atoms with E-state index in [0.29, 0.717) is 16.2 Å². The number of hydrogen-bond acceptors (Lipinski definition) is 3. The second-order valence-corrected chi connectivity index (χ2v) is 4.72. The predicted molar refractivity (Wildman–Crippen MR) is 82.2 cm³/mol. The molecule has 104 valence electrons. The molecule has 0 saturated heterocycles. The van der Waals surface area contributed by atoms with Gasteiger partial charge in [-0.1, -0.05) is 42.5 Å². The second-order valence-electron chi connectivity index (χ2n) is 4.33. The first-order valence-corrected chi connectivity index (χ1v) is 6.67. The van der Waals surface area contributed by atoms with Gasteiger partial charge >= 0.3 is 0 Å². The fourth-order valence-corrected chi connectivity index (χ4v) is 2.06. The molecular weight excluding hydrogens is 287 g/mol. The van der Waals surface area contributed by atoms with Crippen LogP contribution in [0, 0.1) is 10.6 Å². The topological polar surface area (TPSA) is 46.0 Å². The lowest BCUT2D eigenvalue weighted by Gasteiger charge is -2.00. The summed E-state index contributed by atoms with van der Waals surface area (Å²) in [6, 6.07) is 15.7. The maximum absolute atomic E-state index is 13.1. The zero-order valence-corrected chi connectivity index (χ0v) is 11.7. The highest BCUT2D eigenvalue weighted by Gasteiger charge is 2.06. The van der Waals surface area contributed by atoms with Crippen molar-refractivity contribution in [3.63, 3.8) is 0 Å². The van der Waals surface area contributed by atoms with E-state index < -0.39 is 0 Å². The van der Waals surface area contributed by atoms with E-state index in [-0.39, 0.29) is 5.82 Å². The lowest BCUT2D eigenvalue weighted by Crippen LogP contribution is -1.95. The molecule has 1 N–H and O–H groups in total. The molecule has 2 aromatic carbocycles. The third kappa shape index (κ3) is 2.95. The number of benzene rings is 2. The molecule has 0 aliphatic rings. The standard InChI is InChI=1S/C15H11FN4S/c16-13-8-4-5-11(9-13)10-17-20-14(18-19-15(20)21)12-6-2-1-3-7-12/h1-10H,(H,19,21)/b17-10-. The number of aromatic nitrogens is 3. The molecule has 0 aliphatic carbocycles. The van der Waals surface area contributed by atoms with Crippen molar-refractivity contribution in [1.82, 2.24) is 14.9 Å². The van der Waals surface area contributed by atoms with Crippen LogP contribution < -0.4 is 0 Å². The molecule has 4 nitrogen and oxygen atoms in total. The van der Waals surface area contributed by atoms with Crippen LogP contribution in [0.1, 0.15) is 5.56 Å². The number of hydrogen-bond donors (Lipinski definition) is 1. The summed E-state index contributed by atoms with van der Waals surface area (Å²) in [6.45, 7) is 0. The fraction of sp³-hybridized carbons (Fsp3) is 0. The molecule has 3 aromatic rings. The van der Waals surface area contributed by atoms with Gasteiger partial charge in [0, 0.05) is 5.56 Å². The van der Waals surface area contributed by atoms with Gasteiger partial charge in [0.1, 0.15) is 5.82 Å². The normalized spacial score (nSPS) is 11.1. The molecule has 0 radical (unpaired) electrons. The third-order valence-corrected chi connectivity index (χ3v) is 3.12. The van der Waals surface area contributed by atoms with Crippen LogP contribution in [-0.4, -0.2) is 21.1 Å². The number of nitrogens with zero attached hydrogens (tertiary/aromatic N) is 3. The summed E-state index contributed by atoms with van der Waals surface area (Å²) < 4.78 is 15.0. The van der Waals surface area contributed by atoms with Crippen LogP contribution >= 0.6 is 12.2 Å². The average molecular weight is 298 g/mol. The summed E-state index contributed by atoms with van der Waals surface area (Å²) in [7, 11) is 0. The molecule has 0 spiro atoms. The first kappa shape index (κ1) is 13.4. The lowest BCUT2D eigenvalue weighted by molar-refractivity contribution is 0.627. The molecule has 0 atom stereocenters. The van der Waals surface area contributed by atoms with Gasteiger partial charge in [-0.2, -0.15) is 14.9 Å². The van der Waals surface area contributed by atoms with E-state index in [1.165, 1.54) is 16.8 Å². The molecule has 3 rings (SSSR count). The third-order valence-electron chi connectivity index (χ3n) is 2.85. The van der Waals surface area contributed by atoms with Crippen molar-refractivity contribution >= 4 is 18.4 Å². The number of rotatable bonds is 3. The lowest BCUT2D eigenvalue weighted by atomic mass is 10.2. The van der Waals surface area contributed by atoms with Crippen LogP contribution in [0.25, 0.3) is 11.4 Å². The predicted octanol–water partition coefficient (Wildman–Crippen LogP) is 3.63. The monoisotopic (exact) mass is 298 g/mol. The van der Waals surface area contributed by atoms with E-state index in [2.05, 4.69) is 15.3 Å². The minimum Gasteiger partial charge on any atom is -0.250 e. The van der Waals surface area contributed by atoms with Crippen molar-refractivity contribution in [2.24, 2.45) is 5.10 Å². The molecule has 0 saturated carbocycles. The minimum atomic E-state index is -0.307. The van der Waals surface area contributed by atoms with Gasteiger partial charge in [-0.05, 0) is 29.9 Å². The molecular formula is C15H11FN4S. The quantitative estimate of drug-likeness (QED) is 0.593. The zero-order chi connectivity index (χ0) is 14.7. The van der Waals surface area contributed by atoms with Crippen molar-refractivity contribution in [2.45, 2.75) is 0 Å². The molecule has 6 heteroatoms. The first-order chi connectivity index (χ1) is 10.2. The Hall–Kier alpha value is -2.60. The van der Waals surface area contributed by atoms with E-state index in [0.717, 1.165) is 5.56 Å². The Morgan fingerprint density at radius 1 is 1.14 bits per heavy atom. The Labute approximate surface area is 125 Å². The second kappa shape index (κ2) is 5.80. The van der Waals surface area contributed by atoms with Gasteiger partial charge in [0.2, 0.25) is 4.77 Å². The first-order valence-electron chi connectivity index (χ1n) is 6.27. The zero-order valence-electron chi connectivity index (χ0n) is 10.9. The summed E-state index contributed by atoms with van der Waals surface area (Å²) >= 11 is 5.17. The van der Waals surface area contributed by atoms with Crippen molar-refractivity contribution in [2.75, 3.05) is 0 Å². The van der Waals surface area contributed by atoms with Crippen molar-refractivity contribution in [3.05, 3.63) is 70.7 Å². The number of aromatic amines is 1. The smallest absolute Gasteiger partial charge is 0.216 e. The fourth-order valence-electron chi connectivity index (χ4n) is 1.88.